The van der Waals surface area contributed by atoms with E-state index < -0.39 is 0 Å². The lowest BCUT2D eigenvalue weighted by molar-refractivity contribution is 0.0464. The van der Waals surface area contributed by atoms with Crippen molar-refractivity contribution in [3.8, 4) is 11.5 Å². The first-order valence-electron chi connectivity index (χ1n) is 9.40. The minimum absolute atomic E-state index is 0.0692. The van der Waals surface area contributed by atoms with Gasteiger partial charge in [-0.1, -0.05) is 0 Å². The molecular formula is C19H25FN2O4. The summed E-state index contributed by atoms with van der Waals surface area (Å²) in [6, 6.07) is 4.38. The molecule has 6 nitrogen and oxygen atoms in total. The standard InChI is InChI=1S/C19H25FN2O4/c20-15-1-2-17-18(11-15)26-16(13-25-17)12-21-6-3-14(4-7-21)5-8-22-9-10-24-19(22)23/h1-2,11,14,16H,3-10,12-13H2/t16-/m0/s1. The third kappa shape index (κ3) is 4.03. The molecular weight excluding hydrogens is 339 g/mol. The molecule has 0 radical (unpaired) electrons. The molecule has 0 unspecified atom stereocenters. The zero-order valence-electron chi connectivity index (χ0n) is 14.9. The summed E-state index contributed by atoms with van der Waals surface area (Å²) >= 11 is 0. The molecule has 2 fully saturated rings. The van der Waals surface area contributed by atoms with Crippen LogP contribution in [0.1, 0.15) is 19.3 Å². The number of hydrogen-bond donors (Lipinski definition) is 0. The van der Waals surface area contributed by atoms with Crippen LogP contribution in [0.2, 0.25) is 0 Å². The highest BCUT2D eigenvalue weighted by Gasteiger charge is 2.28. The van der Waals surface area contributed by atoms with Gasteiger partial charge in [0.15, 0.2) is 11.5 Å². The van der Waals surface area contributed by atoms with Crippen molar-refractivity contribution in [3.63, 3.8) is 0 Å². The first-order valence-corrected chi connectivity index (χ1v) is 9.40. The molecule has 1 aromatic carbocycles. The van der Waals surface area contributed by atoms with E-state index in [4.69, 9.17) is 14.2 Å². The Kier molecular flexibility index (Phi) is 5.15. The Hall–Kier alpha value is -2.02. The van der Waals surface area contributed by atoms with E-state index in [-0.39, 0.29) is 18.0 Å². The van der Waals surface area contributed by atoms with Gasteiger partial charge in [0.2, 0.25) is 0 Å². The van der Waals surface area contributed by atoms with Gasteiger partial charge < -0.3 is 19.1 Å². The minimum Gasteiger partial charge on any atom is -0.486 e. The molecule has 1 amide bonds. The first-order chi connectivity index (χ1) is 12.7. The second kappa shape index (κ2) is 7.70. The lowest BCUT2D eigenvalue weighted by Crippen LogP contribution is -2.44. The highest BCUT2D eigenvalue weighted by atomic mass is 19.1. The topological polar surface area (TPSA) is 51.2 Å². The van der Waals surface area contributed by atoms with E-state index >= 15 is 0 Å². The number of nitrogens with zero attached hydrogens (tertiary/aromatic N) is 2. The van der Waals surface area contributed by atoms with Crippen molar-refractivity contribution in [3.05, 3.63) is 24.0 Å². The maximum Gasteiger partial charge on any atom is 0.409 e. The lowest BCUT2D eigenvalue weighted by atomic mass is 9.93. The lowest BCUT2D eigenvalue weighted by Gasteiger charge is -2.36. The summed E-state index contributed by atoms with van der Waals surface area (Å²) < 4.78 is 29.9. The number of carbonyl (C=O) groups is 1. The summed E-state index contributed by atoms with van der Waals surface area (Å²) in [5.41, 5.74) is 0. The quantitative estimate of drug-likeness (QED) is 0.804. The zero-order chi connectivity index (χ0) is 17.9. The molecule has 26 heavy (non-hydrogen) atoms. The fourth-order valence-electron chi connectivity index (χ4n) is 3.89. The number of halogens is 1. The van der Waals surface area contributed by atoms with E-state index in [1.165, 1.54) is 12.1 Å². The highest BCUT2D eigenvalue weighted by molar-refractivity contribution is 5.69. The van der Waals surface area contributed by atoms with Crippen LogP contribution >= 0.6 is 0 Å². The van der Waals surface area contributed by atoms with E-state index in [9.17, 15) is 9.18 Å². The zero-order valence-corrected chi connectivity index (χ0v) is 14.9. The number of hydrogen-bond acceptors (Lipinski definition) is 5. The van der Waals surface area contributed by atoms with Gasteiger partial charge in [-0.2, -0.15) is 0 Å². The number of piperidine rings is 1. The van der Waals surface area contributed by atoms with E-state index in [2.05, 4.69) is 4.90 Å². The molecule has 4 rings (SSSR count). The molecule has 0 bridgehead atoms. The third-order valence-electron chi connectivity index (χ3n) is 5.45. The number of carbonyl (C=O) groups excluding carboxylic acids is 1. The molecule has 1 aromatic rings. The van der Waals surface area contributed by atoms with E-state index in [1.54, 1.807) is 11.0 Å². The van der Waals surface area contributed by atoms with Crippen molar-refractivity contribution in [1.82, 2.24) is 9.80 Å². The van der Waals surface area contributed by atoms with Gasteiger partial charge in [0.1, 0.15) is 25.1 Å². The number of amides is 1. The SMILES string of the molecule is O=C1OCCN1CCC1CCN(C[C@H]2COc3ccc(F)cc3O2)CC1. The summed E-state index contributed by atoms with van der Waals surface area (Å²) in [7, 11) is 0. The normalized spacial score (nSPS) is 24.0. The molecule has 7 heteroatoms. The van der Waals surface area contributed by atoms with Crippen LogP contribution in [0.5, 0.6) is 11.5 Å². The maximum atomic E-state index is 13.4. The number of fused-ring (bicyclic) bond motifs is 1. The second-order valence-corrected chi connectivity index (χ2v) is 7.28. The molecule has 3 aliphatic heterocycles. The van der Waals surface area contributed by atoms with Crippen molar-refractivity contribution < 1.29 is 23.4 Å². The van der Waals surface area contributed by atoms with Gasteiger partial charge in [-0.05, 0) is 50.4 Å². The van der Waals surface area contributed by atoms with Crippen LogP contribution in [0, 0.1) is 11.7 Å². The summed E-state index contributed by atoms with van der Waals surface area (Å²) in [4.78, 5) is 15.7. The van der Waals surface area contributed by atoms with Gasteiger partial charge >= 0.3 is 6.09 Å². The van der Waals surface area contributed by atoms with E-state index in [0.29, 0.717) is 30.6 Å². The van der Waals surface area contributed by atoms with Crippen LogP contribution in [-0.4, -0.2) is 67.9 Å². The number of benzene rings is 1. The largest absolute Gasteiger partial charge is 0.486 e. The monoisotopic (exact) mass is 364 g/mol. The van der Waals surface area contributed by atoms with E-state index in [0.717, 1.165) is 52.0 Å². The molecule has 0 saturated carbocycles. The van der Waals surface area contributed by atoms with Gasteiger partial charge in [0, 0.05) is 19.2 Å². The number of cyclic esters (lactones) is 1. The Morgan fingerprint density at radius 2 is 1.96 bits per heavy atom. The maximum absolute atomic E-state index is 13.4. The predicted molar refractivity (Wildman–Crippen MR) is 93.0 cm³/mol. The third-order valence-corrected chi connectivity index (χ3v) is 5.45. The molecule has 0 spiro atoms. The number of ether oxygens (including phenoxy) is 3. The van der Waals surface area contributed by atoms with Gasteiger partial charge in [0.25, 0.3) is 0 Å². The number of rotatable bonds is 5. The molecule has 3 heterocycles. The Morgan fingerprint density at radius 3 is 2.73 bits per heavy atom. The van der Waals surface area contributed by atoms with Gasteiger partial charge in [-0.25, -0.2) is 9.18 Å². The average Bonchev–Trinajstić information content (AvgIpc) is 3.06. The summed E-state index contributed by atoms with van der Waals surface area (Å²) in [6.45, 7) is 5.37. The predicted octanol–water partition coefficient (Wildman–Crippen LogP) is 2.52. The van der Waals surface area contributed by atoms with Crippen molar-refractivity contribution in [2.75, 3.05) is 45.9 Å². The molecule has 0 aromatic heterocycles. The Balaban J connectivity index is 1.20. The van der Waals surface area contributed by atoms with Crippen LogP contribution < -0.4 is 9.47 Å². The molecule has 0 aliphatic carbocycles. The van der Waals surface area contributed by atoms with Crippen LogP contribution in [0.25, 0.3) is 0 Å². The summed E-state index contributed by atoms with van der Waals surface area (Å²) in [5, 5.41) is 0. The Bertz CT molecular complexity index is 648. The highest BCUT2D eigenvalue weighted by Crippen LogP contribution is 2.32. The molecule has 142 valence electrons. The van der Waals surface area contributed by atoms with Crippen molar-refractivity contribution in [1.29, 1.82) is 0 Å². The van der Waals surface area contributed by atoms with Gasteiger partial charge in [0.05, 0.1) is 6.54 Å². The van der Waals surface area contributed by atoms with Crippen LogP contribution in [0.15, 0.2) is 18.2 Å². The van der Waals surface area contributed by atoms with Crippen LogP contribution in [-0.2, 0) is 4.74 Å². The van der Waals surface area contributed by atoms with Gasteiger partial charge in [-0.15, -0.1) is 0 Å². The minimum atomic E-state index is -0.310. The Labute approximate surface area is 152 Å². The van der Waals surface area contributed by atoms with E-state index in [1.807, 2.05) is 0 Å². The van der Waals surface area contributed by atoms with Crippen molar-refractivity contribution in [2.45, 2.75) is 25.4 Å². The van der Waals surface area contributed by atoms with Gasteiger partial charge in [-0.3, -0.25) is 4.90 Å². The molecule has 1 atom stereocenters. The fourth-order valence-corrected chi connectivity index (χ4v) is 3.89. The van der Waals surface area contributed by atoms with Crippen molar-refractivity contribution >= 4 is 6.09 Å². The van der Waals surface area contributed by atoms with Crippen LogP contribution in [0.3, 0.4) is 0 Å². The smallest absolute Gasteiger partial charge is 0.409 e. The first kappa shape index (κ1) is 17.4. The molecule has 3 aliphatic rings. The average molecular weight is 364 g/mol. The summed E-state index contributed by atoms with van der Waals surface area (Å²) in [5.74, 6) is 1.45. The molecule has 2 saturated heterocycles. The summed E-state index contributed by atoms with van der Waals surface area (Å²) in [6.07, 6.45) is 3.05. The Morgan fingerprint density at radius 1 is 1.12 bits per heavy atom. The van der Waals surface area contributed by atoms with Crippen LogP contribution in [0.4, 0.5) is 9.18 Å². The van der Waals surface area contributed by atoms with Crippen molar-refractivity contribution in [2.24, 2.45) is 5.92 Å². The molecule has 0 N–H and O–H groups in total. The second-order valence-electron chi connectivity index (χ2n) is 7.28. The number of likely N-dealkylation sites (tertiary alicyclic amines) is 1. The fraction of sp³-hybridized carbons (Fsp3) is 0.632.